The van der Waals surface area contributed by atoms with Gasteiger partial charge in [-0.05, 0) is 48.0 Å². The predicted molar refractivity (Wildman–Crippen MR) is 112 cm³/mol. The number of nitro groups is 1. The summed E-state index contributed by atoms with van der Waals surface area (Å²) in [5, 5.41) is 11.0. The molecule has 0 N–H and O–H groups in total. The minimum atomic E-state index is -0.488. The Morgan fingerprint density at radius 3 is 2.48 bits per heavy atom. The van der Waals surface area contributed by atoms with E-state index >= 15 is 0 Å². The molecule has 0 saturated carbocycles. The van der Waals surface area contributed by atoms with Crippen LogP contribution < -0.4 is 4.74 Å². The molecule has 1 aliphatic heterocycles. The summed E-state index contributed by atoms with van der Waals surface area (Å²) in [4.78, 5) is 35.8. The topological polar surface area (TPSA) is 89.8 Å². The molecule has 1 heterocycles. The van der Waals surface area contributed by atoms with E-state index in [0.29, 0.717) is 17.7 Å². The molecule has 0 spiro atoms. The van der Waals surface area contributed by atoms with Gasteiger partial charge in [-0.2, -0.15) is 0 Å². The molecule has 10 heteroatoms. The third kappa shape index (κ3) is 4.72. The third-order valence-corrected chi connectivity index (χ3v) is 5.48. The number of non-ortho nitro benzene ring substituents is 1. The molecule has 0 radical (unpaired) electrons. The molecular formula is C19H14Cl2N2O5S. The van der Waals surface area contributed by atoms with Crippen molar-refractivity contribution in [1.82, 2.24) is 4.90 Å². The molecule has 3 rings (SSSR count). The Labute approximate surface area is 180 Å². The van der Waals surface area contributed by atoms with Gasteiger partial charge in [0.05, 0.1) is 19.9 Å². The lowest BCUT2D eigenvalue weighted by Crippen LogP contribution is -2.27. The van der Waals surface area contributed by atoms with E-state index in [4.69, 9.17) is 27.9 Å². The number of nitrogens with zero attached hydrogens (tertiary/aromatic N) is 2. The Morgan fingerprint density at radius 2 is 1.90 bits per heavy atom. The third-order valence-electron chi connectivity index (χ3n) is 4.01. The van der Waals surface area contributed by atoms with Crippen LogP contribution in [-0.4, -0.2) is 27.5 Å². The number of rotatable bonds is 6. The minimum Gasteiger partial charge on any atom is -0.486 e. The van der Waals surface area contributed by atoms with Crippen LogP contribution in [0.2, 0.25) is 10.0 Å². The van der Waals surface area contributed by atoms with Gasteiger partial charge in [0.15, 0.2) is 5.75 Å². The number of halogens is 2. The Balaban J connectivity index is 1.79. The molecule has 0 aromatic heterocycles. The van der Waals surface area contributed by atoms with Crippen molar-refractivity contribution >= 4 is 57.9 Å². The zero-order chi connectivity index (χ0) is 21.1. The number of thioether (sulfide) groups is 1. The van der Waals surface area contributed by atoms with Gasteiger partial charge in [0.1, 0.15) is 6.61 Å². The van der Waals surface area contributed by atoms with Gasteiger partial charge in [0, 0.05) is 18.7 Å². The van der Waals surface area contributed by atoms with Crippen molar-refractivity contribution in [3.05, 3.63) is 72.6 Å². The van der Waals surface area contributed by atoms with E-state index in [-0.39, 0.29) is 44.1 Å². The molecule has 1 saturated heterocycles. The zero-order valence-electron chi connectivity index (χ0n) is 15.1. The molecule has 2 amide bonds. The summed E-state index contributed by atoms with van der Waals surface area (Å²) < 4.78 is 5.64. The maximum absolute atomic E-state index is 12.2. The Hall–Kier alpha value is -2.55. The van der Waals surface area contributed by atoms with Crippen molar-refractivity contribution in [3.8, 4) is 5.75 Å². The number of hydrogen-bond donors (Lipinski definition) is 0. The van der Waals surface area contributed by atoms with Crippen LogP contribution in [0.25, 0.3) is 6.08 Å². The van der Waals surface area contributed by atoms with Gasteiger partial charge < -0.3 is 4.74 Å². The first-order valence-corrected chi connectivity index (χ1v) is 9.98. The summed E-state index contributed by atoms with van der Waals surface area (Å²) in [6, 6.07) is 9.17. The highest BCUT2D eigenvalue weighted by Crippen LogP contribution is 2.37. The quantitative estimate of drug-likeness (QED) is 0.324. The lowest BCUT2D eigenvalue weighted by atomic mass is 10.2. The summed E-state index contributed by atoms with van der Waals surface area (Å²) >= 11 is 13.4. The Kier molecular flexibility index (Phi) is 6.46. The largest absolute Gasteiger partial charge is 0.486 e. The number of carbonyl (C=O) groups excluding carboxylic acids is 2. The summed E-state index contributed by atoms with van der Waals surface area (Å²) in [7, 11) is 0. The fourth-order valence-electron chi connectivity index (χ4n) is 2.64. The molecule has 0 bridgehead atoms. The SMILES string of the molecule is CCN1C(=O)S/C(=C/c2cc(Cl)c(OCc3cccc([N+](=O)[O-])c3)c(Cl)c2)C1=O. The Morgan fingerprint density at radius 1 is 1.21 bits per heavy atom. The molecule has 150 valence electrons. The van der Waals surface area contributed by atoms with Crippen molar-refractivity contribution in [3.63, 3.8) is 0 Å². The highest BCUT2D eigenvalue weighted by atomic mass is 35.5. The average Bonchev–Trinajstić information content (AvgIpc) is 2.93. The van der Waals surface area contributed by atoms with Gasteiger partial charge in [0.25, 0.3) is 16.8 Å². The normalized spacial score (nSPS) is 15.3. The average molecular weight is 453 g/mol. The molecule has 0 atom stereocenters. The highest BCUT2D eigenvalue weighted by Gasteiger charge is 2.33. The van der Waals surface area contributed by atoms with E-state index in [0.717, 1.165) is 16.7 Å². The van der Waals surface area contributed by atoms with E-state index in [1.54, 1.807) is 37.3 Å². The summed E-state index contributed by atoms with van der Waals surface area (Å²) in [5.41, 5.74) is 1.09. The van der Waals surface area contributed by atoms with Crippen molar-refractivity contribution in [2.75, 3.05) is 6.54 Å². The second-order valence-corrected chi connectivity index (χ2v) is 7.76. The molecule has 2 aromatic rings. The maximum Gasteiger partial charge on any atom is 0.293 e. The number of amides is 2. The van der Waals surface area contributed by atoms with Crippen molar-refractivity contribution in [2.24, 2.45) is 0 Å². The number of carbonyl (C=O) groups is 2. The van der Waals surface area contributed by atoms with Crippen LogP contribution in [0.5, 0.6) is 5.75 Å². The number of likely N-dealkylation sites (N-methyl/N-ethyl adjacent to an activating group) is 1. The van der Waals surface area contributed by atoms with Crippen LogP contribution in [0.4, 0.5) is 10.5 Å². The predicted octanol–water partition coefficient (Wildman–Crippen LogP) is 5.54. The molecular weight excluding hydrogens is 439 g/mol. The van der Waals surface area contributed by atoms with E-state index in [1.165, 1.54) is 12.1 Å². The smallest absolute Gasteiger partial charge is 0.293 e. The van der Waals surface area contributed by atoms with Gasteiger partial charge in [-0.25, -0.2) is 0 Å². The lowest BCUT2D eigenvalue weighted by Gasteiger charge is -2.11. The van der Waals surface area contributed by atoms with E-state index in [1.807, 2.05) is 0 Å². The molecule has 1 fully saturated rings. The Bertz CT molecular complexity index is 1020. The molecule has 1 aliphatic rings. The van der Waals surface area contributed by atoms with Crippen LogP contribution in [0, 0.1) is 10.1 Å². The second kappa shape index (κ2) is 8.86. The molecule has 0 aliphatic carbocycles. The fraction of sp³-hybridized carbons (Fsp3) is 0.158. The molecule has 2 aromatic carbocycles. The first kappa shape index (κ1) is 21.2. The monoisotopic (exact) mass is 452 g/mol. The second-order valence-electron chi connectivity index (χ2n) is 5.96. The van der Waals surface area contributed by atoms with Gasteiger partial charge in [-0.3, -0.25) is 24.6 Å². The lowest BCUT2D eigenvalue weighted by molar-refractivity contribution is -0.384. The van der Waals surface area contributed by atoms with Gasteiger partial charge in [0.2, 0.25) is 0 Å². The van der Waals surface area contributed by atoms with Gasteiger partial charge in [-0.15, -0.1) is 0 Å². The van der Waals surface area contributed by atoms with Crippen LogP contribution in [0.3, 0.4) is 0 Å². The molecule has 29 heavy (non-hydrogen) atoms. The number of benzene rings is 2. The number of hydrogen-bond acceptors (Lipinski definition) is 6. The van der Waals surface area contributed by atoms with Crippen LogP contribution >= 0.6 is 35.0 Å². The van der Waals surface area contributed by atoms with E-state index < -0.39 is 4.92 Å². The number of nitro benzene ring substituents is 1. The van der Waals surface area contributed by atoms with Crippen molar-refractivity contribution < 1.29 is 19.2 Å². The van der Waals surface area contributed by atoms with Crippen LogP contribution in [0.1, 0.15) is 18.1 Å². The highest BCUT2D eigenvalue weighted by molar-refractivity contribution is 8.18. The minimum absolute atomic E-state index is 0.0376. The summed E-state index contributed by atoms with van der Waals surface area (Å²) in [5.74, 6) is -0.139. The maximum atomic E-state index is 12.2. The zero-order valence-corrected chi connectivity index (χ0v) is 17.4. The van der Waals surface area contributed by atoms with Crippen LogP contribution in [-0.2, 0) is 11.4 Å². The standard InChI is InChI=1S/C19H14Cl2N2O5S/c1-2-22-18(24)16(29-19(22)25)9-12-7-14(20)17(15(21)8-12)28-10-11-4-3-5-13(6-11)23(26)27/h3-9H,2,10H2,1H3/b16-9+. The van der Waals surface area contributed by atoms with E-state index in [9.17, 15) is 19.7 Å². The fourth-order valence-corrected chi connectivity index (χ4v) is 4.16. The molecule has 0 unspecified atom stereocenters. The first-order valence-electron chi connectivity index (χ1n) is 8.40. The summed E-state index contributed by atoms with van der Waals surface area (Å²) in [6.45, 7) is 2.06. The van der Waals surface area contributed by atoms with Crippen LogP contribution in [0.15, 0.2) is 41.3 Å². The van der Waals surface area contributed by atoms with Crippen molar-refractivity contribution in [2.45, 2.75) is 13.5 Å². The number of ether oxygens (including phenoxy) is 1. The van der Waals surface area contributed by atoms with Gasteiger partial charge in [-0.1, -0.05) is 35.3 Å². The van der Waals surface area contributed by atoms with Gasteiger partial charge >= 0.3 is 0 Å². The summed E-state index contributed by atoms with van der Waals surface area (Å²) in [6.07, 6.45) is 1.54. The van der Waals surface area contributed by atoms with Crippen molar-refractivity contribution in [1.29, 1.82) is 0 Å². The van der Waals surface area contributed by atoms with E-state index in [2.05, 4.69) is 0 Å². The first-order chi connectivity index (χ1) is 13.8. The molecule has 7 nitrogen and oxygen atoms in total. The number of imide groups is 1.